The number of piperidine rings is 1. The first-order valence-electron chi connectivity index (χ1n) is 7.74. The van der Waals surface area contributed by atoms with E-state index in [1.807, 2.05) is 12.1 Å². The number of benzene rings is 1. The van der Waals surface area contributed by atoms with Gasteiger partial charge in [-0.2, -0.15) is 0 Å². The van der Waals surface area contributed by atoms with Gasteiger partial charge in [0.15, 0.2) is 5.78 Å². The molecule has 1 saturated heterocycles. The number of rotatable bonds is 2. The molecule has 0 radical (unpaired) electrons. The first kappa shape index (κ1) is 14.1. The number of ketones is 1. The molecule has 2 atom stereocenters. The summed E-state index contributed by atoms with van der Waals surface area (Å²) in [5, 5.41) is 0. The average Bonchev–Trinajstić information content (AvgIpc) is 2.46. The lowest BCUT2D eigenvalue weighted by atomic mass is 9.78. The molecular weight excluding hydrogens is 314 g/mol. The second kappa shape index (κ2) is 5.88. The Balaban J connectivity index is 1.98. The van der Waals surface area contributed by atoms with Crippen molar-refractivity contribution in [1.82, 2.24) is 0 Å². The molecule has 2 nitrogen and oxygen atoms in total. The number of carbonyl (C=O) groups excluding carboxylic acids is 1. The van der Waals surface area contributed by atoms with Crippen molar-refractivity contribution in [2.75, 3.05) is 11.4 Å². The fourth-order valence-corrected chi connectivity index (χ4v) is 4.31. The molecule has 2 aliphatic rings. The van der Waals surface area contributed by atoms with E-state index in [1.54, 1.807) is 6.92 Å². The van der Waals surface area contributed by atoms with Crippen LogP contribution >= 0.6 is 15.9 Å². The Kier molecular flexibility index (Phi) is 4.16. The van der Waals surface area contributed by atoms with Gasteiger partial charge in [0.1, 0.15) is 0 Å². The van der Waals surface area contributed by atoms with Gasteiger partial charge in [-0.05, 0) is 56.7 Å². The quantitative estimate of drug-likeness (QED) is 0.722. The van der Waals surface area contributed by atoms with E-state index in [1.165, 1.54) is 38.5 Å². The van der Waals surface area contributed by atoms with Crippen molar-refractivity contribution in [2.45, 2.75) is 51.5 Å². The number of fused-ring (bicyclic) bond motifs is 1. The second-order valence-corrected chi connectivity index (χ2v) is 7.08. The molecule has 1 aliphatic carbocycles. The van der Waals surface area contributed by atoms with Crippen LogP contribution in [0.5, 0.6) is 0 Å². The van der Waals surface area contributed by atoms with Crippen molar-refractivity contribution in [3.05, 3.63) is 28.2 Å². The predicted molar refractivity (Wildman–Crippen MR) is 86.5 cm³/mol. The highest BCUT2D eigenvalue weighted by atomic mass is 79.9. The van der Waals surface area contributed by atoms with Crippen molar-refractivity contribution in [2.24, 2.45) is 5.92 Å². The zero-order chi connectivity index (χ0) is 14.1. The number of halogens is 1. The summed E-state index contributed by atoms with van der Waals surface area (Å²) in [6, 6.07) is 6.72. The van der Waals surface area contributed by atoms with E-state index in [0.717, 1.165) is 28.2 Å². The molecule has 1 heterocycles. The van der Waals surface area contributed by atoms with Crippen LogP contribution in [-0.4, -0.2) is 18.4 Å². The SMILES string of the molecule is CC(=O)c1ccc(Br)cc1N1CCC[C@H]2CCCC[C@H]21. The fraction of sp³-hybridized carbons (Fsp3) is 0.588. The number of nitrogens with zero attached hydrogens (tertiary/aromatic N) is 1. The summed E-state index contributed by atoms with van der Waals surface area (Å²) in [4.78, 5) is 14.5. The largest absolute Gasteiger partial charge is 0.368 e. The highest BCUT2D eigenvalue weighted by molar-refractivity contribution is 9.10. The molecule has 3 heteroatoms. The number of carbonyl (C=O) groups is 1. The second-order valence-electron chi connectivity index (χ2n) is 6.17. The van der Waals surface area contributed by atoms with Crippen LogP contribution in [0.4, 0.5) is 5.69 Å². The normalized spacial score (nSPS) is 26.2. The van der Waals surface area contributed by atoms with Gasteiger partial charge in [0.25, 0.3) is 0 Å². The molecule has 0 amide bonds. The maximum atomic E-state index is 11.9. The van der Waals surface area contributed by atoms with Crippen LogP contribution in [-0.2, 0) is 0 Å². The minimum Gasteiger partial charge on any atom is -0.368 e. The van der Waals surface area contributed by atoms with Gasteiger partial charge in [-0.3, -0.25) is 4.79 Å². The first-order chi connectivity index (χ1) is 9.66. The Morgan fingerprint density at radius 2 is 1.95 bits per heavy atom. The van der Waals surface area contributed by atoms with Crippen molar-refractivity contribution in [3.63, 3.8) is 0 Å². The highest BCUT2D eigenvalue weighted by Gasteiger charge is 2.34. The van der Waals surface area contributed by atoms with E-state index >= 15 is 0 Å². The third-order valence-electron chi connectivity index (χ3n) is 4.89. The molecule has 20 heavy (non-hydrogen) atoms. The maximum Gasteiger partial charge on any atom is 0.161 e. The predicted octanol–water partition coefficient (Wildman–Crippen LogP) is 4.81. The number of anilines is 1. The van der Waals surface area contributed by atoms with Crippen molar-refractivity contribution < 1.29 is 4.79 Å². The lowest BCUT2D eigenvalue weighted by Gasteiger charge is -2.46. The molecule has 0 N–H and O–H groups in total. The van der Waals surface area contributed by atoms with Crippen LogP contribution in [0.15, 0.2) is 22.7 Å². The highest BCUT2D eigenvalue weighted by Crippen LogP contribution is 2.39. The lowest BCUT2D eigenvalue weighted by molar-refractivity contribution is 0.101. The van der Waals surface area contributed by atoms with Gasteiger partial charge in [0.05, 0.1) is 0 Å². The zero-order valence-corrected chi connectivity index (χ0v) is 13.7. The van der Waals surface area contributed by atoms with E-state index in [-0.39, 0.29) is 5.78 Å². The van der Waals surface area contributed by atoms with Crippen LogP contribution in [0, 0.1) is 5.92 Å². The molecule has 1 saturated carbocycles. The molecule has 1 aliphatic heterocycles. The van der Waals surface area contributed by atoms with Crippen molar-refractivity contribution >= 4 is 27.4 Å². The third kappa shape index (κ3) is 2.65. The zero-order valence-electron chi connectivity index (χ0n) is 12.1. The van der Waals surface area contributed by atoms with E-state index in [9.17, 15) is 4.79 Å². The van der Waals surface area contributed by atoms with Gasteiger partial charge in [-0.1, -0.05) is 28.8 Å². The van der Waals surface area contributed by atoms with E-state index in [2.05, 4.69) is 26.9 Å². The van der Waals surface area contributed by atoms with Crippen LogP contribution in [0.25, 0.3) is 0 Å². The van der Waals surface area contributed by atoms with Crippen molar-refractivity contribution in [1.29, 1.82) is 0 Å². The molecular formula is C17H22BrNO. The summed E-state index contributed by atoms with van der Waals surface area (Å²) in [5.41, 5.74) is 2.02. The van der Waals surface area contributed by atoms with Gasteiger partial charge in [-0.15, -0.1) is 0 Å². The van der Waals surface area contributed by atoms with Crippen LogP contribution in [0.2, 0.25) is 0 Å². The molecule has 1 aromatic rings. The summed E-state index contributed by atoms with van der Waals surface area (Å²) < 4.78 is 1.07. The van der Waals surface area contributed by atoms with Crippen LogP contribution < -0.4 is 4.90 Å². The van der Waals surface area contributed by atoms with E-state index in [0.29, 0.717) is 6.04 Å². The minimum absolute atomic E-state index is 0.172. The molecule has 3 rings (SSSR count). The summed E-state index contributed by atoms with van der Waals surface area (Å²) >= 11 is 3.56. The van der Waals surface area contributed by atoms with Crippen LogP contribution in [0.1, 0.15) is 55.8 Å². The smallest absolute Gasteiger partial charge is 0.161 e. The molecule has 0 aromatic heterocycles. The standard InChI is InChI=1S/C17H22BrNO/c1-12(20)15-9-8-14(18)11-17(15)19-10-4-6-13-5-2-3-7-16(13)19/h8-9,11,13,16H,2-7,10H2,1H3/t13-,16-/m1/s1. The molecule has 108 valence electrons. The summed E-state index contributed by atoms with van der Waals surface area (Å²) in [6.07, 6.45) is 7.99. The van der Waals surface area contributed by atoms with Gasteiger partial charge < -0.3 is 4.90 Å². The maximum absolute atomic E-state index is 11.9. The molecule has 1 aromatic carbocycles. The third-order valence-corrected chi connectivity index (χ3v) is 5.38. The Hall–Kier alpha value is -0.830. The first-order valence-corrected chi connectivity index (χ1v) is 8.53. The minimum atomic E-state index is 0.172. The number of hydrogen-bond donors (Lipinski definition) is 0. The van der Waals surface area contributed by atoms with Crippen LogP contribution in [0.3, 0.4) is 0 Å². The Morgan fingerprint density at radius 3 is 2.75 bits per heavy atom. The Labute approximate surface area is 129 Å². The monoisotopic (exact) mass is 335 g/mol. The molecule has 0 bridgehead atoms. The lowest BCUT2D eigenvalue weighted by Crippen LogP contribution is -2.47. The van der Waals surface area contributed by atoms with Gasteiger partial charge >= 0.3 is 0 Å². The summed E-state index contributed by atoms with van der Waals surface area (Å²) in [6.45, 7) is 2.77. The fourth-order valence-electron chi connectivity index (χ4n) is 3.96. The van der Waals surface area contributed by atoms with E-state index in [4.69, 9.17) is 0 Å². The number of Topliss-reactive ketones (excluding diaryl/α,β-unsaturated/α-hetero) is 1. The topological polar surface area (TPSA) is 20.3 Å². The van der Waals surface area contributed by atoms with E-state index < -0.39 is 0 Å². The summed E-state index contributed by atoms with van der Waals surface area (Å²) in [5.74, 6) is 1.00. The van der Waals surface area contributed by atoms with Gasteiger partial charge in [-0.25, -0.2) is 0 Å². The Bertz CT molecular complexity index is 512. The summed E-state index contributed by atoms with van der Waals surface area (Å²) in [7, 11) is 0. The average molecular weight is 336 g/mol. The van der Waals surface area contributed by atoms with Gasteiger partial charge in [0, 0.05) is 28.3 Å². The molecule has 0 spiro atoms. The Morgan fingerprint density at radius 1 is 1.20 bits per heavy atom. The number of hydrogen-bond acceptors (Lipinski definition) is 2. The van der Waals surface area contributed by atoms with Crippen molar-refractivity contribution in [3.8, 4) is 0 Å². The van der Waals surface area contributed by atoms with Gasteiger partial charge in [0.2, 0.25) is 0 Å². The molecule has 0 unspecified atom stereocenters. The molecule has 2 fully saturated rings.